The van der Waals surface area contributed by atoms with Crippen LogP contribution in [0.4, 0.5) is 0 Å². The predicted molar refractivity (Wildman–Crippen MR) is 78.7 cm³/mol. The molecule has 114 valence electrons. The summed E-state index contributed by atoms with van der Waals surface area (Å²) >= 11 is 0. The second-order valence-electron chi connectivity index (χ2n) is 5.87. The van der Waals surface area contributed by atoms with Gasteiger partial charge in [0.25, 0.3) is 5.56 Å². The van der Waals surface area contributed by atoms with Gasteiger partial charge in [0.15, 0.2) is 5.65 Å². The van der Waals surface area contributed by atoms with Crippen molar-refractivity contribution in [3.05, 3.63) is 26.7 Å². The molecule has 0 aromatic carbocycles. The highest BCUT2D eigenvalue weighted by atomic mass is 16.5. The van der Waals surface area contributed by atoms with Crippen molar-refractivity contribution in [2.24, 2.45) is 7.05 Å². The molecule has 1 N–H and O–H groups in total. The van der Waals surface area contributed by atoms with Crippen LogP contribution in [0.5, 0.6) is 0 Å². The molecule has 3 rings (SSSR count). The molecule has 2 aromatic rings. The van der Waals surface area contributed by atoms with Gasteiger partial charge in [-0.25, -0.2) is 9.78 Å². The van der Waals surface area contributed by atoms with E-state index < -0.39 is 0 Å². The number of ether oxygens (including phenoxy) is 1. The average molecular weight is 292 g/mol. The molecule has 1 aliphatic rings. The van der Waals surface area contributed by atoms with Gasteiger partial charge in [-0.3, -0.25) is 13.9 Å². The van der Waals surface area contributed by atoms with Crippen molar-refractivity contribution in [1.82, 2.24) is 19.1 Å². The molecule has 1 fully saturated rings. The summed E-state index contributed by atoms with van der Waals surface area (Å²) < 4.78 is 8.28. The Bertz CT molecular complexity index is 778. The number of fused-ring (bicyclic) bond motifs is 1. The first-order chi connectivity index (χ1) is 9.99. The van der Waals surface area contributed by atoms with Crippen molar-refractivity contribution in [2.45, 2.75) is 45.3 Å². The zero-order valence-corrected chi connectivity index (χ0v) is 12.5. The Morgan fingerprint density at radius 2 is 2.19 bits per heavy atom. The minimum absolute atomic E-state index is 0.0163. The summed E-state index contributed by atoms with van der Waals surface area (Å²) in [5, 5.41) is 0. The third kappa shape index (κ3) is 2.31. The Kier molecular flexibility index (Phi) is 3.44. The van der Waals surface area contributed by atoms with Crippen LogP contribution >= 0.6 is 0 Å². The van der Waals surface area contributed by atoms with E-state index in [1.807, 2.05) is 13.8 Å². The van der Waals surface area contributed by atoms with E-state index in [-0.39, 0.29) is 23.3 Å². The third-order valence-corrected chi connectivity index (χ3v) is 3.95. The maximum atomic E-state index is 12.4. The van der Waals surface area contributed by atoms with Crippen LogP contribution in [0.3, 0.4) is 0 Å². The highest BCUT2D eigenvalue weighted by molar-refractivity contribution is 5.70. The lowest BCUT2D eigenvalue weighted by Gasteiger charge is -2.13. The van der Waals surface area contributed by atoms with Gasteiger partial charge in [0.2, 0.25) is 0 Å². The lowest BCUT2D eigenvalue weighted by atomic mass is 10.2. The summed E-state index contributed by atoms with van der Waals surface area (Å²) in [5.41, 5.74) is 0.142. The molecule has 2 aromatic heterocycles. The van der Waals surface area contributed by atoms with Gasteiger partial charge in [-0.05, 0) is 12.8 Å². The number of H-pyrrole nitrogens is 1. The fourth-order valence-corrected chi connectivity index (χ4v) is 2.68. The number of nitrogens with zero attached hydrogens (tertiary/aromatic N) is 3. The van der Waals surface area contributed by atoms with Crippen molar-refractivity contribution in [3.8, 4) is 0 Å². The Morgan fingerprint density at radius 3 is 2.81 bits per heavy atom. The molecular formula is C14H20N4O3. The standard InChI is InChI=1S/C14H20N4O3/c1-8(2)11-15-10-12(16-11)18(7-9-5-4-6-21-9)14(20)17(3)13(10)19/h8-9H,4-7H2,1-3H3,(H,15,16). The number of rotatable bonds is 3. The minimum Gasteiger partial charge on any atom is -0.376 e. The Labute approximate surface area is 121 Å². The zero-order chi connectivity index (χ0) is 15.1. The summed E-state index contributed by atoms with van der Waals surface area (Å²) in [6, 6.07) is 0. The van der Waals surface area contributed by atoms with Crippen molar-refractivity contribution in [3.63, 3.8) is 0 Å². The van der Waals surface area contributed by atoms with Crippen LogP contribution in [0.1, 0.15) is 38.4 Å². The molecule has 0 saturated carbocycles. The summed E-state index contributed by atoms with van der Waals surface area (Å²) in [5.74, 6) is 0.877. The molecular weight excluding hydrogens is 272 g/mol. The molecule has 0 spiro atoms. The van der Waals surface area contributed by atoms with Crippen molar-refractivity contribution < 1.29 is 4.74 Å². The van der Waals surface area contributed by atoms with Crippen LogP contribution in [0, 0.1) is 0 Å². The number of aromatic amines is 1. The highest BCUT2D eigenvalue weighted by Crippen LogP contribution is 2.17. The Morgan fingerprint density at radius 1 is 1.43 bits per heavy atom. The topological polar surface area (TPSA) is 81.9 Å². The molecule has 7 nitrogen and oxygen atoms in total. The van der Waals surface area contributed by atoms with Gasteiger partial charge in [0, 0.05) is 19.6 Å². The average Bonchev–Trinajstić information content (AvgIpc) is 3.10. The molecule has 3 heterocycles. The minimum atomic E-state index is -0.343. The normalized spacial score (nSPS) is 19.0. The molecule has 0 radical (unpaired) electrons. The molecule has 1 atom stereocenters. The summed E-state index contributed by atoms with van der Waals surface area (Å²) in [6.07, 6.45) is 1.95. The Balaban J connectivity index is 2.20. The van der Waals surface area contributed by atoms with E-state index in [4.69, 9.17) is 4.74 Å². The smallest absolute Gasteiger partial charge is 0.332 e. The molecule has 0 aliphatic carbocycles. The quantitative estimate of drug-likeness (QED) is 0.904. The summed E-state index contributed by atoms with van der Waals surface area (Å²) in [4.78, 5) is 32.1. The zero-order valence-electron chi connectivity index (χ0n) is 12.5. The van der Waals surface area contributed by atoms with Crippen LogP contribution in [-0.2, 0) is 18.3 Å². The van der Waals surface area contributed by atoms with Gasteiger partial charge < -0.3 is 9.72 Å². The van der Waals surface area contributed by atoms with E-state index >= 15 is 0 Å². The first-order valence-electron chi connectivity index (χ1n) is 7.30. The van der Waals surface area contributed by atoms with Crippen molar-refractivity contribution >= 4 is 11.2 Å². The second kappa shape index (κ2) is 5.14. The molecule has 1 saturated heterocycles. The van der Waals surface area contributed by atoms with E-state index in [2.05, 4.69) is 9.97 Å². The monoisotopic (exact) mass is 292 g/mol. The van der Waals surface area contributed by atoms with E-state index in [0.29, 0.717) is 23.5 Å². The Hall–Kier alpha value is -1.89. The number of imidazole rings is 1. The molecule has 1 aliphatic heterocycles. The lowest BCUT2D eigenvalue weighted by Crippen LogP contribution is -2.40. The third-order valence-electron chi connectivity index (χ3n) is 3.95. The van der Waals surface area contributed by atoms with Gasteiger partial charge in [-0.15, -0.1) is 0 Å². The van der Waals surface area contributed by atoms with Crippen molar-refractivity contribution in [2.75, 3.05) is 6.61 Å². The van der Waals surface area contributed by atoms with Gasteiger partial charge in [0.1, 0.15) is 11.3 Å². The number of hydrogen-bond acceptors (Lipinski definition) is 4. The van der Waals surface area contributed by atoms with E-state index in [1.54, 1.807) is 4.57 Å². The largest absolute Gasteiger partial charge is 0.376 e. The number of nitrogens with one attached hydrogen (secondary N) is 1. The van der Waals surface area contributed by atoms with E-state index in [0.717, 1.165) is 24.0 Å². The first kappa shape index (κ1) is 14.1. The number of aromatic nitrogens is 4. The van der Waals surface area contributed by atoms with Crippen LogP contribution < -0.4 is 11.2 Å². The van der Waals surface area contributed by atoms with Crippen molar-refractivity contribution in [1.29, 1.82) is 0 Å². The van der Waals surface area contributed by atoms with Gasteiger partial charge in [0.05, 0.1) is 12.6 Å². The van der Waals surface area contributed by atoms with E-state index in [9.17, 15) is 9.59 Å². The first-order valence-corrected chi connectivity index (χ1v) is 7.30. The fourth-order valence-electron chi connectivity index (χ4n) is 2.68. The summed E-state index contributed by atoms with van der Waals surface area (Å²) in [6.45, 7) is 5.15. The van der Waals surface area contributed by atoms with Gasteiger partial charge >= 0.3 is 5.69 Å². The maximum Gasteiger partial charge on any atom is 0.332 e. The van der Waals surface area contributed by atoms with Crippen LogP contribution in [0.2, 0.25) is 0 Å². The van der Waals surface area contributed by atoms with Gasteiger partial charge in [-0.1, -0.05) is 13.8 Å². The van der Waals surface area contributed by atoms with Gasteiger partial charge in [-0.2, -0.15) is 0 Å². The van der Waals surface area contributed by atoms with Crippen LogP contribution in [0.25, 0.3) is 11.2 Å². The SMILES string of the molecule is CC(C)c1nc2c([nH]1)c(=O)n(C)c(=O)n2CC1CCCO1. The van der Waals surface area contributed by atoms with Crippen LogP contribution in [-0.4, -0.2) is 31.8 Å². The molecule has 0 amide bonds. The molecule has 7 heteroatoms. The number of hydrogen-bond donors (Lipinski definition) is 1. The highest BCUT2D eigenvalue weighted by Gasteiger charge is 2.21. The fraction of sp³-hybridized carbons (Fsp3) is 0.643. The summed E-state index contributed by atoms with van der Waals surface area (Å²) in [7, 11) is 1.49. The van der Waals surface area contributed by atoms with E-state index in [1.165, 1.54) is 7.05 Å². The molecule has 1 unspecified atom stereocenters. The van der Waals surface area contributed by atoms with Crippen LogP contribution in [0.15, 0.2) is 9.59 Å². The predicted octanol–water partition coefficient (Wildman–Crippen LogP) is 0.726. The second-order valence-corrected chi connectivity index (χ2v) is 5.87. The lowest BCUT2D eigenvalue weighted by molar-refractivity contribution is 0.0964. The molecule has 21 heavy (non-hydrogen) atoms. The molecule has 0 bridgehead atoms. The maximum absolute atomic E-state index is 12.4.